The Morgan fingerprint density at radius 2 is 1.65 bits per heavy atom. The van der Waals surface area contributed by atoms with Crippen LogP contribution in [0.1, 0.15) is 31.4 Å². The van der Waals surface area contributed by atoms with Gasteiger partial charge in [0.15, 0.2) is 0 Å². The van der Waals surface area contributed by atoms with Crippen LogP contribution in [0.15, 0.2) is 71.6 Å². The lowest BCUT2D eigenvalue weighted by molar-refractivity contribution is -0.139. The maximum absolute atomic E-state index is 13.9. The summed E-state index contributed by atoms with van der Waals surface area (Å²) in [6.07, 6.45) is 0.727. The Hall–Kier alpha value is -3.27. The molecule has 0 aliphatic rings. The number of nitrogens with zero attached hydrogens (tertiary/aromatic N) is 2. The molecule has 0 saturated carbocycles. The van der Waals surface area contributed by atoms with Gasteiger partial charge in [-0.2, -0.15) is 0 Å². The van der Waals surface area contributed by atoms with Gasteiger partial charge in [-0.3, -0.25) is 13.9 Å². The van der Waals surface area contributed by atoms with E-state index >= 15 is 0 Å². The summed E-state index contributed by atoms with van der Waals surface area (Å²) in [4.78, 5) is 28.2. The number of ether oxygens (including phenoxy) is 1. The Morgan fingerprint density at radius 3 is 2.23 bits per heavy atom. The number of rotatable bonds is 12. The van der Waals surface area contributed by atoms with E-state index in [1.54, 1.807) is 43.3 Å². The monoisotopic (exact) mass is 605 g/mol. The molecule has 0 unspecified atom stereocenters. The van der Waals surface area contributed by atoms with Crippen LogP contribution < -0.4 is 14.4 Å². The van der Waals surface area contributed by atoms with Gasteiger partial charge in [0, 0.05) is 18.1 Å². The molecule has 0 heterocycles. The second-order valence-electron chi connectivity index (χ2n) is 9.26. The van der Waals surface area contributed by atoms with E-state index in [-0.39, 0.29) is 28.1 Å². The third-order valence-corrected chi connectivity index (χ3v) is 8.63. The van der Waals surface area contributed by atoms with Gasteiger partial charge in [-0.25, -0.2) is 8.42 Å². The number of anilines is 1. The summed E-state index contributed by atoms with van der Waals surface area (Å²) in [5, 5.41) is 3.52. The van der Waals surface area contributed by atoms with E-state index < -0.39 is 28.5 Å². The van der Waals surface area contributed by atoms with Gasteiger partial charge >= 0.3 is 0 Å². The van der Waals surface area contributed by atoms with E-state index in [0.717, 1.165) is 21.9 Å². The van der Waals surface area contributed by atoms with Gasteiger partial charge in [0.05, 0.1) is 22.7 Å². The van der Waals surface area contributed by atoms with Crippen molar-refractivity contribution in [1.82, 2.24) is 10.2 Å². The second-order valence-corrected chi connectivity index (χ2v) is 12.0. The normalized spacial score (nSPS) is 11.9. The molecule has 8 nitrogen and oxygen atoms in total. The van der Waals surface area contributed by atoms with Crippen molar-refractivity contribution in [3.63, 3.8) is 0 Å². The molecule has 0 spiro atoms. The fraction of sp³-hybridized carbons (Fsp3) is 0.310. The summed E-state index contributed by atoms with van der Waals surface area (Å²) in [5.74, 6) is -0.559. The fourth-order valence-electron chi connectivity index (χ4n) is 3.94. The fourth-order valence-corrected chi connectivity index (χ4v) is 5.73. The lowest BCUT2D eigenvalue weighted by Gasteiger charge is -2.32. The quantitative estimate of drug-likeness (QED) is 0.296. The predicted molar refractivity (Wildman–Crippen MR) is 158 cm³/mol. The molecule has 0 bridgehead atoms. The number of hydrogen-bond donors (Lipinski definition) is 1. The highest BCUT2D eigenvalue weighted by Crippen LogP contribution is 2.32. The first-order valence-corrected chi connectivity index (χ1v) is 14.9. The average molecular weight is 607 g/mol. The largest absolute Gasteiger partial charge is 0.495 e. The minimum atomic E-state index is -4.21. The van der Waals surface area contributed by atoms with Crippen LogP contribution in [0.3, 0.4) is 0 Å². The summed E-state index contributed by atoms with van der Waals surface area (Å²) in [7, 11) is -2.76. The number of methoxy groups -OCH3 is 1. The molecule has 1 atom stereocenters. The standard InChI is InChI=1S/C29H33Cl2N3O5S/c1-5-16-32-29(36)21(3)33(18-22-8-10-23(30)11-9-22)28(35)19-34(24-12-15-27(39-4)26(31)17-24)40(37,38)25-13-6-20(2)7-14-25/h6-15,17,21H,5,16,18-19H2,1-4H3,(H,32,36)/t21-/m1/s1. The van der Waals surface area contributed by atoms with Crippen LogP contribution in [0, 0.1) is 6.92 Å². The number of carbonyl (C=O) groups is 2. The van der Waals surface area contributed by atoms with Crippen molar-refractivity contribution in [1.29, 1.82) is 0 Å². The molecule has 3 aromatic rings. The number of nitrogens with one attached hydrogen (secondary N) is 1. The molecule has 0 radical (unpaired) electrons. The molecule has 11 heteroatoms. The number of sulfonamides is 1. The Balaban J connectivity index is 2.05. The predicted octanol–water partition coefficient (Wildman–Crippen LogP) is 5.45. The molecule has 0 aromatic heterocycles. The zero-order valence-electron chi connectivity index (χ0n) is 22.9. The third-order valence-electron chi connectivity index (χ3n) is 6.29. The van der Waals surface area contributed by atoms with Gasteiger partial charge in [-0.15, -0.1) is 0 Å². The molecule has 0 saturated heterocycles. The van der Waals surface area contributed by atoms with Crippen LogP contribution in [0.2, 0.25) is 10.0 Å². The molecule has 40 heavy (non-hydrogen) atoms. The highest BCUT2D eigenvalue weighted by atomic mass is 35.5. The molecule has 214 valence electrons. The van der Waals surface area contributed by atoms with E-state index in [1.807, 2.05) is 13.8 Å². The van der Waals surface area contributed by atoms with Gasteiger partial charge in [0.25, 0.3) is 10.0 Å². The van der Waals surface area contributed by atoms with E-state index in [9.17, 15) is 18.0 Å². The van der Waals surface area contributed by atoms with Crippen molar-refractivity contribution in [2.24, 2.45) is 0 Å². The van der Waals surface area contributed by atoms with Crippen molar-refractivity contribution in [3.8, 4) is 5.75 Å². The Bertz CT molecular complexity index is 1430. The highest BCUT2D eigenvalue weighted by molar-refractivity contribution is 7.92. The van der Waals surface area contributed by atoms with Crippen LogP contribution in [0.5, 0.6) is 5.75 Å². The summed E-state index contributed by atoms with van der Waals surface area (Å²) >= 11 is 12.4. The zero-order chi connectivity index (χ0) is 29.4. The van der Waals surface area contributed by atoms with Crippen LogP contribution in [0.25, 0.3) is 0 Å². The lowest BCUT2D eigenvalue weighted by atomic mass is 10.1. The first kappa shape index (κ1) is 31.3. The molecule has 0 fully saturated rings. The number of carbonyl (C=O) groups excluding carboxylic acids is 2. The van der Waals surface area contributed by atoms with Gasteiger partial charge in [0.1, 0.15) is 18.3 Å². The second kappa shape index (κ2) is 13.9. The average Bonchev–Trinajstić information content (AvgIpc) is 2.93. The van der Waals surface area contributed by atoms with Crippen molar-refractivity contribution < 1.29 is 22.7 Å². The summed E-state index contributed by atoms with van der Waals surface area (Å²) in [6, 6.07) is 16.8. The van der Waals surface area contributed by atoms with Crippen molar-refractivity contribution >= 4 is 50.7 Å². The Morgan fingerprint density at radius 1 is 1.00 bits per heavy atom. The molecular weight excluding hydrogens is 573 g/mol. The minimum absolute atomic E-state index is 0.0100. The van der Waals surface area contributed by atoms with E-state index in [4.69, 9.17) is 27.9 Å². The molecule has 1 N–H and O–H groups in total. The van der Waals surface area contributed by atoms with Gasteiger partial charge in [-0.05, 0) is 68.3 Å². The van der Waals surface area contributed by atoms with Gasteiger partial charge < -0.3 is 15.0 Å². The van der Waals surface area contributed by atoms with Crippen LogP contribution in [-0.2, 0) is 26.2 Å². The van der Waals surface area contributed by atoms with E-state index in [1.165, 1.54) is 42.3 Å². The zero-order valence-corrected chi connectivity index (χ0v) is 25.2. The first-order valence-electron chi connectivity index (χ1n) is 12.7. The molecule has 2 amide bonds. The highest BCUT2D eigenvalue weighted by Gasteiger charge is 2.32. The number of hydrogen-bond acceptors (Lipinski definition) is 5. The summed E-state index contributed by atoms with van der Waals surface area (Å²) in [5.41, 5.74) is 1.79. The minimum Gasteiger partial charge on any atom is -0.495 e. The number of halogens is 2. The number of amides is 2. The summed E-state index contributed by atoms with van der Waals surface area (Å²) in [6.45, 7) is 5.33. The maximum Gasteiger partial charge on any atom is 0.264 e. The number of benzene rings is 3. The van der Waals surface area contributed by atoms with Crippen molar-refractivity contribution in [2.75, 3.05) is 24.5 Å². The molecular formula is C29H33Cl2N3O5S. The third kappa shape index (κ3) is 7.68. The smallest absolute Gasteiger partial charge is 0.264 e. The Kier molecular flexibility index (Phi) is 10.8. The van der Waals surface area contributed by atoms with Crippen molar-refractivity contribution in [3.05, 3.63) is 87.9 Å². The maximum atomic E-state index is 13.9. The van der Waals surface area contributed by atoms with E-state index in [0.29, 0.717) is 17.3 Å². The molecule has 0 aliphatic heterocycles. The first-order chi connectivity index (χ1) is 19.0. The number of aryl methyl sites for hydroxylation is 1. The van der Waals surface area contributed by atoms with Crippen LogP contribution in [-0.4, -0.2) is 51.4 Å². The van der Waals surface area contributed by atoms with Crippen molar-refractivity contribution in [2.45, 2.75) is 44.7 Å². The topological polar surface area (TPSA) is 96.0 Å². The Labute approximate surface area is 245 Å². The van der Waals surface area contributed by atoms with E-state index in [2.05, 4.69) is 5.32 Å². The molecule has 3 rings (SSSR count). The SMILES string of the molecule is CCCNC(=O)[C@@H](C)N(Cc1ccc(Cl)cc1)C(=O)CN(c1ccc(OC)c(Cl)c1)S(=O)(=O)c1ccc(C)cc1. The molecule has 3 aromatic carbocycles. The molecule has 0 aliphatic carbocycles. The summed E-state index contributed by atoms with van der Waals surface area (Å²) < 4.78 is 34.0. The van der Waals surface area contributed by atoms with Crippen LogP contribution >= 0.6 is 23.2 Å². The van der Waals surface area contributed by atoms with Gasteiger partial charge in [0.2, 0.25) is 11.8 Å². The van der Waals surface area contributed by atoms with Gasteiger partial charge in [-0.1, -0.05) is 60.0 Å². The van der Waals surface area contributed by atoms with Crippen LogP contribution in [0.4, 0.5) is 5.69 Å². The lowest BCUT2D eigenvalue weighted by Crippen LogP contribution is -2.51.